The molecule has 1 atom stereocenters. The normalized spacial score (nSPS) is 34.0. The van der Waals surface area contributed by atoms with E-state index in [1.165, 1.54) is 32.1 Å². The predicted octanol–water partition coefficient (Wildman–Crippen LogP) is 2.69. The SMILES string of the molecule is CCC1CCC(CCO)(C(N)CC)CC1. The van der Waals surface area contributed by atoms with Crippen LogP contribution in [-0.4, -0.2) is 17.8 Å². The first kappa shape index (κ1) is 13.0. The zero-order chi connectivity index (χ0) is 11.3. The first-order chi connectivity index (χ1) is 7.18. The van der Waals surface area contributed by atoms with Crippen LogP contribution in [0.15, 0.2) is 0 Å². The minimum atomic E-state index is 0.245. The Morgan fingerprint density at radius 3 is 2.33 bits per heavy atom. The second-order valence-corrected chi connectivity index (χ2v) is 5.20. The fourth-order valence-corrected chi connectivity index (χ4v) is 3.12. The van der Waals surface area contributed by atoms with Gasteiger partial charge < -0.3 is 10.8 Å². The van der Waals surface area contributed by atoms with Gasteiger partial charge in [-0.1, -0.05) is 20.3 Å². The molecule has 0 aromatic heterocycles. The molecule has 2 nitrogen and oxygen atoms in total. The first-order valence-corrected chi connectivity index (χ1v) is 6.55. The molecule has 2 heteroatoms. The van der Waals surface area contributed by atoms with Gasteiger partial charge in [-0.3, -0.25) is 0 Å². The van der Waals surface area contributed by atoms with Gasteiger partial charge in [-0.2, -0.15) is 0 Å². The smallest absolute Gasteiger partial charge is 0.0436 e. The molecule has 0 amide bonds. The molecule has 0 aromatic carbocycles. The van der Waals surface area contributed by atoms with Crippen LogP contribution < -0.4 is 5.73 Å². The van der Waals surface area contributed by atoms with Crippen molar-refractivity contribution < 1.29 is 5.11 Å². The second-order valence-electron chi connectivity index (χ2n) is 5.20. The summed E-state index contributed by atoms with van der Waals surface area (Å²) in [6, 6.07) is 0.280. The highest BCUT2D eigenvalue weighted by atomic mass is 16.3. The Hall–Kier alpha value is -0.0800. The van der Waals surface area contributed by atoms with Crippen molar-refractivity contribution in [2.75, 3.05) is 6.61 Å². The summed E-state index contributed by atoms with van der Waals surface area (Å²) >= 11 is 0. The zero-order valence-corrected chi connectivity index (χ0v) is 10.3. The van der Waals surface area contributed by atoms with Crippen molar-refractivity contribution in [3.63, 3.8) is 0 Å². The molecule has 1 fully saturated rings. The molecule has 3 N–H and O–H groups in total. The van der Waals surface area contributed by atoms with Crippen molar-refractivity contribution in [2.24, 2.45) is 17.1 Å². The third-order valence-electron chi connectivity index (χ3n) is 4.51. The standard InChI is InChI=1S/C13H27NO/c1-3-11-5-7-13(8-6-11,9-10-15)12(14)4-2/h11-12,15H,3-10,14H2,1-2H3. The number of rotatable bonds is 5. The molecule has 0 aromatic rings. The third-order valence-corrected chi connectivity index (χ3v) is 4.51. The van der Waals surface area contributed by atoms with Gasteiger partial charge in [0.1, 0.15) is 0 Å². The van der Waals surface area contributed by atoms with E-state index in [0.29, 0.717) is 6.61 Å². The van der Waals surface area contributed by atoms with E-state index in [0.717, 1.165) is 18.8 Å². The van der Waals surface area contributed by atoms with Crippen molar-refractivity contribution in [1.82, 2.24) is 0 Å². The van der Waals surface area contributed by atoms with E-state index >= 15 is 0 Å². The van der Waals surface area contributed by atoms with Crippen LogP contribution in [0.5, 0.6) is 0 Å². The summed E-state index contributed by atoms with van der Waals surface area (Å²) in [4.78, 5) is 0. The molecule has 1 saturated carbocycles. The molecule has 0 radical (unpaired) electrons. The van der Waals surface area contributed by atoms with E-state index < -0.39 is 0 Å². The Balaban J connectivity index is 2.60. The number of hydrogen-bond donors (Lipinski definition) is 2. The van der Waals surface area contributed by atoms with Crippen LogP contribution >= 0.6 is 0 Å². The molecular formula is C13H27NO. The Morgan fingerprint density at radius 2 is 1.93 bits per heavy atom. The summed E-state index contributed by atoms with van der Waals surface area (Å²) in [6.07, 6.45) is 8.31. The average molecular weight is 213 g/mol. The molecule has 15 heavy (non-hydrogen) atoms. The number of aliphatic hydroxyl groups is 1. The number of hydrogen-bond acceptors (Lipinski definition) is 2. The summed E-state index contributed by atoms with van der Waals surface area (Å²) < 4.78 is 0. The molecule has 0 spiro atoms. The van der Waals surface area contributed by atoms with E-state index in [4.69, 9.17) is 5.73 Å². The van der Waals surface area contributed by atoms with Gasteiger partial charge in [0, 0.05) is 12.6 Å². The quantitative estimate of drug-likeness (QED) is 0.737. The highest BCUT2D eigenvalue weighted by Gasteiger charge is 2.38. The molecule has 0 aliphatic heterocycles. The molecule has 0 bridgehead atoms. The van der Waals surface area contributed by atoms with Gasteiger partial charge in [0.25, 0.3) is 0 Å². The summed E-state index contributed by atoms with van der Waals surface area (Å²) in [5, 5.41) is 9.20. The largest absolute Gasteiger partial charge is 0.396 e. The fourth-order valence-electron chi connectivity index (χ4n) is 3.12. The Labute approximate surface area is 94.2 Å². The topological polar surface area (TPSA) is 46.2 Å². The van der Waals surface area contributed by atoms with Gasteiger partial charge >= 0.3 is 0 Å². The van der Waals surface area contributed by atoms with Crippen LogP contribution in [-0.2, 0) is 0 Å². The van der Waals surface area contributed by atoms with Gasteiger partial charge in [0.05, 0.1) is 0 Å². The lowest BCUT2D eigenvalue weighted by Gasteiger charge is -2.44. The van der Waals surface area contributed by atoms with E-state index in [2.05, 4.69) is 13.8 Å². The lowest BCUT2D eigenvalue weighted by atomic mass is 9.64. The summed E-state index contributed by atoms with van der Waals surface area (Å²) in [5.74, 6) is 0.904. The van der Waals surface area contributed by atoms with Crippen LogP contribution in [0.4, 0.5) is 0 Å². The lowest BCUT2D eigenvalue weighted by molar-refractivity contribution is 0.0744. The fraction of sp³-hybridized carbons (Fsp3) is 1.00. The number of aliphatic hydroxyl groups excluding tert-OH is 1. The first-order valence-electron chi connectivity index (χ1n) is 6.55. The van der Waals surface area contributed by atoms with Crippen molar-refractivity contribution in [3.05, 3.63) is 0 Å². The van der Waals surface area contributed by atoms with E-state index in [1.54, 1.807) is 0 Å². The zero-order valence-electron chi connectivity index (χ0n) is 10.3. The van der Waals surface area contributed by atoms with Gasteiger partial charge in [0.2, 0.25) is 0 Å². The van der Waals surface area contributed by atoms with Crippen molar-refractivity contribution in [2.45, 2.75) is 64.8 Å². The Kier molecular flexibility index (Phi) is 5.07. The van der Waals surface area contributed by atoms with Crippen LogP contribution in [0, 0.1) is 11.3 Å². The maximum absolute atomic E-state index is 9.20. The molecule has 0 heterocycles. The third kappa shape index (κ3) is 2.94. The molecule has 1 aliphatic rings. The van der Waals surface area contributed by atoms with Crippen LogP contribution in [0.1, 0.15) is 58.8 Å². The van der Waals surface area contributed by atoms with E-state index in [1.807, 2.05) is 0 Å². The monoisotopic (exact) mass is 213 g/mol. The molecule has 0 saturated heterocycles. The second kappa shape index (κ2) is 5.86. The summed E-state index contributed by atoms with van der Waals surface area (Å²) in [7, 11) is 0. The van der Waals surface area contributed by atoms with Crippen LogP contribution in [0.2, 0.25) is 0 Å². The minimum Gasteiger partial charge on any atom is -0.396 e. The number of nitrogens with two attached hydrogens (primary N) is 1. The summed E-state index contributed by atoms with van der Waals surface area (Å²) in [6.45, 7) is 4.74. The lowest BCUT2D eigenvalue weighted by Crippen LogP contribution is -2.44. The maximum atomic E-state index is 9.20. The van der Waals surface area contributed by atoms with E-state index in [-0.39, 0.29) is 11.5 Å². The Bertz CT molecular complexity index is 173. The van der Waals surface area contributed by atoms with Gasteiger partial charge in [0.15, 0.2) is 0 Å². The van der Waals surface area contributed by atoms with Gasteiger partial charge in [-0.05, 0) is 49.9 Å². The molecule has 1 aliphatic carbocycles. The molecular weight excluding hydrogens is 186 g/mol. The highest BCUT2D eigenvalue weighted by Crippen LogP contribution is 2.44. The average Bonchev–Trinajstić information content (AvgIpc) is 2.29. The predicted molar refractivity (Wildman–Crippen MR) is 64.7 cm³/mol. The molecule has 1 unspecified atom stereocenters. The summed E-state index contributed by atoms with van der Waals surface area (Å²) in [5.41, 5.74) is 6.49. The Morgan fingerprint density at radius 1 is 1.33 bits per heavy atom. The molecule has 90 valence electrons. The van der Waals surface area contributed by atoms with Crippen LogP contribution in [0.25, 0.3) is 0 Å². The van der Waals surface area contributed by atoms with Crippen molar-refractivity contribution in [3.8, 4) is 0 Å². The van der Waals surface area contributed by atoms with Gasteiger partial charge in [-0.15, -0.1) is 0 Å². The molecule has 1 rings (SSSR count). The highest BCUT2D eigenvalue weighted by molar-refractivity contribution is 4.92. The van der Waals surface area contributed by atoms with Gasteiger partial charge in [-0.25, -0.2) is 0 Å². The van der Waals surface area contributed by atoms with Crippen LogP contribution in [0.3, 0.4) is 0 Å². The van der Waals surface area contributed by atoms with Crippen molar-refractivity contribution in [1.29, 1.82) is 0 Å². The minimum absolute atomic E-state index is 0.245. The van der Waals surface area contributed by atoms with Crippen molar-refractivity contribution >= 4 is 0 Å². The van der Waals surface area contributed by atoms with E-state index in [9.17, 15) is 5.11 Å². The maximum Gasteiger partial charge on any atom is 0.0436 e.